The molecule has 1 aliphatic rings. The Labute approximate surface area is 184 Å². The van der Waals surface area contributed by atoms with Crippen LogP contribution in [-0.4, -0.2) is 52.2 Å². The second-order valence-corrected chi connectivity index (χ2v) is 7.47. The van der Waals surface area contributed by atoms with E-state index in [-0.39, 0.29) is 35.8 Å². The molecule has 3 heterocycles. The smallest absolute Gasteiger partial charge is 0.358 e. The summed E-state index contributed by atoms with van der Waals surface area (Å²) in [6.45, 7) is 2.95. The maximum absolute atomic E-state index is 12.9. The summed E-state index contributed by atoms with van der Waals surface area (Å²) in [4.78, 5) is 38.9. The highest BCUT2D eigenvalue weighted by molar-refractivity contribution is 5.95. The molecule has 32 heavy (non-hydrogen) atoms. The number of nitrogens with zero attached hydrogens (tertiary/aromatic N) is 3. The summed E-state index contributed by atoms with van der Waals surface area (Å²) in [6.07, 6.45) is 4.57. The maximum atomic E-state index is 12.9. The van der Waals surface area contributed by atoms with Crippen molar-refractivity contribution in [1.29, 1.82) is 0 Å². The van der Waals surface area contributed by atoms with Crippen LogP contribution in [0.25, 0.3) is 5.69 Å². The van der Waals surface area contributed by atoms with Gasteiger partial charge in [0.1, 0.15) is 0 Å². The Morgan fingerprint density at radius 1 is 1.22 bits per heavy atom. The average Bonchev–Trinajstić information content (AvgIpc) is 3.52. The summed E-state index contributed by atoms with van der Waals surface area (Å²) in [7, 11) is 0. The van der Waals surface area contributed by atoms with E-state index in [1.807, 2.05) is 6.07 Å². The highest BCUT2D eigenvalue weighted by Gasteiger charge is 2.30. The van der Waals surface area contributed by atoms with Crippen LogP contribution in [0.5, 0.6) is 0 Å². The quantitative estimate of drug-likeness (QED) is 0.595. The summed E-state index contributed by atoms with van der Waals surface area (Å²) in [5.41, 5.74) is 1.51. The molecule has 0 bridgehead atoms. The highest BCUT2D eigenvalue weighted by Crippen LogP contribution is 2.22. The Bertz CT molecular complexity index is 1110. The van der Waals surface area contributed by atoms with Gasteiger partial charge in [-0.15, -0.1) is 0 Å². The first-order valence-corrected chi connectivity index (χ1v) is 10.5. The molecule has 1 aliphatic heterocycles. The lowest BCUT2D eigenvalue weighted by Gasteiger charge is -2.31. The number of amides is 2. The molecule has 9 heteroatoms. The van der Waals surface area contributed by atoms with Crippen molar-refractivity contribution < 1.29 is 23.5 Å². The zero-order valence-electron chi connectivity index (χ0n) is 17.7. The van der Waals surface area contributed by atoms with E-state index in [9.17, 15) is 14.4 Å². The van der Waals surface area contributed by atoms with Gasteiger partial charge in [0.15, 0.2) is 11.5 Å². The first-order valence-electron chi connectivity index (χ1n) is 10.5. The fraction of sp³-hybridized carbons (Fsp3) is 0.304. The second-order valence-electron chi connectivity index (χ2n) is 7.47. The van der Waals surface area contributed by atoms with Crippen LogP contribution in [0.15, 0.2) is 59.3 Å². The highest BCUT2D eigenvalue weighted by atomic mass is 16.5. The third-order valence-corrected chi connectivity index (χ3v) is 5.26. The van der Waals surface area contributed by atoms with E-state index >= 15 is 0 Å². The van der Waals surface area contributed by atoms with E-state index in [1.54, 1.807) is 59.1 Å². The zero-order valence-corrected chi connectivity index (χ0v) is 17.7. The number of benzene rings is 1. The number of piperidine rings is 1. The molecule has 1 N–H and O–H groups in total. The van der Waals surface area contributed by atoms with E-state index in [1.165, 1.54) is 6.26 Å². The molecule has 1 unspecified atom stereocenters. The molecule has 1 aromatic carbocycles. The number of hydrogen-bond donors (Lipinski definition) is 1. The number of aromatic nitrogens is 2. The van der Waals surface area contributed by atoms with Crippen molar-refractivity contribution in [3.8, 4) is 5.69 Å². The van der Waals surface area contributed by atoms with Crippen LogP contribution in [0, 0.1) is 5.92 Å². The molecule has 1 fully saturated rings. The van der Waals surface area contributed by atoms with Gasteiger partial charge >= 0.3 is 5.97 Å². The molecule has 0 radical (unpaired) electrons. The number of furan rings is 1. The Kier molecular flexibility index (Phi) is 6.34. The van der Waals surface area contributed by atoms with Crippen molar-refractivity contribution >= 4 is 23.5 Å². The van der Waals surface area contributed by atoms with Gasteiger partial charge in [-0.1, -0.05) is 6.07 Å². The first-order chi connectivity index (χ1) is 15.5. The van der Waals surface area contributed by atoms with Crippen molar-refractivity contribution in [3.63, 3.8) is 0 Å². The first kappa shape index (κ1) is 21.4. The van der Waals surface area contributed by atoms with Crippen LogP contribution >= 0.6 is 0 Å². The van der Waals surface area contributed by atoms with E-state index in [0.29, 0.717) is 30.9 Å². The van der Waals surface area contributed by atoms with Gasteiger partial charge < -0.3 is 19.4 Å². The number of carbonyl (C=O) groups is 3. The topological polar surface area (TPSA) is 107 Å². The molecular weight excluding hydrogens is 412 g/mol. The van der Waals surface area contributed by atoms with Gasteiger partial charge in [0.2, 0.25) is 5.91 Å². The van der Waals surface area contributed by atoms with Gasteiger partial charge in [0, 0.05) is 25.0 Å². The molecule has 166 valence electrons. The minimum atomic E-state index is -0.485. The molecule has 2 amide bonds. The molecular formula is C23H24N4O5. The SMILES string of the molecule is CCOC(=O)c1ccn(-c2cccc(NC(=O)C3CCCN(C(=O)c4ccco4)C3)c2)n1. The Hall–Kier alpha value is -3.88. The number of rotatable bonds is 6. The van der Waals surface area contributed by atoms with Crippen molar-refractivity contribution in [3.05, 3.63) is 66.4 Å². The van der Waals surface area contributed by atoms with E-state index < -0.39 is 5.97 Å². The van der Waals surface area contributed by atoms with Gasteiger partial charge in [0.25, 0.3) is 5.91 Å². The number of esters is 1. The minimum absolute atomic E-state index is 0.147. The van der Waals surface area contributed by atoms with Crippen LogP contribution in [0.2, 0.25) is 0 Å². The molecule has 3 aromatic rings. The van der Waals surface area contributed by atoms with Crippen LogP contribution in [0.3, 0.4) is 0 Å². The van der Waals surface area contributed by atoms with Crippen LogP contribution < -0.4 is 5.32 Å². The lowest BCUT2D eigenvalue weighted by Crippen LogP contribution is -2.43. The number of hydrogen-bond acceptors (Lipinski definition) is 6. The molecule has 4 rings (SSSR count). The molecule has 0 saturated carbocycles. The van der Waals surface area contributed by atoms with Crippen molar-refractivity contribution in [1.82, 2.24) is 14.7 Å². The Morgan fingerprint density at radius 2 is 2.09 bits per heavy atom. The summed E-state index contributed by atoms with van der Waals surface area (Å²) < 4.78 is 11.7. The molecule has 0 aliphatic carbocycles. The summed E-state index contributed by atoms with van der Waals surface area (Å²) in [6, 6.07) is 12.0. The van der Waals surface area contributed by atoms with Gasteiger partial charge in [-0.2, -0.15) is 5.10 Å². The van der Waals surface area contributed by atoms with Gasteiger partial charge in [-0.05, 0) is 56.2 Å². The maximum Gasteiger partial charge on any atom is 0.358 e. The van der Waals surface area contributed by atoms with Gasteiger partial charge in [-0.25, -0.2) is 9.48 Å². The number of nitrogens with one attached hydrogen (secondary N) is 1. The number of anilines is 1. The third-order valence-electron chi connectivity index (χ3n) is 5.26. The summed E-state index contributed by atoms with van der Waals surface area (Å²) >= 11 is 0. The fourth-order valence-corrected chi connectivity index (χ4v) is 3.68. The largest absolute Gasteiger partial charge is 0.461 e. The second kappa shape index (κ2) is 9.51. The van der Waals surface area contributed by atoms with E-state index in [4.69, 9.17) is 9.15 Å². The van der Waals surface area contributed by atoms with Crippen molar-refractivity contribution in [2.45, 2.75) is 19.8 Å². The van der Waals surface area contributed by atoms with Crippen LogP contribution in [-0.2, 0) is 9.53 Å². The van der Waals surface area contributed by atoms with Crippen LogP contribution in [0.4, 0.5) is 5.69 Å². The molecule has 2 aromatic heterocycles. The predicted octanol–water partition coefficient (Wildman–Crippen LogP) is 3.13. The molecule has 1 saturated heterocycles. The zero-order chi connectivity index (χ0) is 22.5. The molecule has 9 nitrogen and oxygen atoms in total. The lowest BCUT2D eigenvalue weighted by atomic mass is 9.96. The number of likely N-dealkylation sites (tertiary alicyclic amines) is 1. The molecule has 0 spiro atoms. The fourth-order valence-electron chi connectivity index (χ4n) is 3.68. The average molecular weight is 436 g/mol. The minimum Gasteiger partial charge on any atom is -0.461 e. The van der Waals surface area contributed by atoms with Gasteiger partial charge in [-0.3, -0.25) is 9.59 Å². The standard InChI is InChI=1S/C23H24N4O5/c1-2-31-23(30)19-10-12-27(25-19)18-8-3-7-17(14-18)24-21(28)16-6-4-11-26(15-16)22(29)20-9-5-13-32-20/h3,5,7-10,12-14,16H,2,4,6,11,15H2,1H3,(H,24,28). The normalized spacial score (nSPS) is 15.9. The van der Waals surface area contributed by atoms with E-state index in [2.05, 4.69) is 10.4 Å². The van der Waals surface area contributed by atoms with Crippen LogP contribution in [0.1, 0.15) is 40.8 Å². The third kappa shape index (κ3) is 4.72. The predicted molar refractivity (Wildman–Crippen MR) is 115 cm³/mol. The monoisotopic (exact) mass is 436 g/mol. The molecule has 1 atom stereocenters. The summed E-state index contributed by atoms with van der Waals surface area (Å²) in [5.74, 6) is -0.870. The van der Waals surface area contributed by atoms with Crippen molar-refractivity contribution in [2.24, 2.45) is 5.92 Å². The van der Waals surface area contributed by atoms with Crippen molar-refractivity contribution in [2.75, 3.05) is 25.0 Å². The van der Waals surface area contributed by atoms with E-state index in [0.717, 1.165) is 6.42 Å². The van der Waals surface area contributed by atoms with Gasteiger partial charge in [0.05, 0.1) is 24.5 Å². The lowest BCUT2D eigenvalue weighted by molar-refractivity contribution is -0.121. The Morgan fingerprint density at radius 3 is 2.88 bits per heavy atom. The summed E-state index contributed by atoms with van der Waals surface area (Å²) in [5, 5.41) is 7.17. The number of ether oxygens (including phenoxy) is 1. The number of carbonyl (C=O) groups excluding carboxylic acids is 3. The Balaban J connectivity index is 1.41.